The number of benzene rings is 2. The minimum Gasteiger partial charge on any atom is -0.492 e. The van der Waals surface area contributed by atoms with Gasteiger partial charge in [0.05, 0.1) is 6.04 Å². The van der Waals surface area contributed by atoms with Crippen molar-refractivity contribution in [3.63, 3.8) is 0 Å². The SMILES string of the molecule is NC(COc1ccc(Cl)cc1)c1cc(F)ccc1F. The highest BCUT2D eigenvalue weighted by atomic mass is 35.5. The monoisotopic (exact) mass is 283 g/mol. The fraction of sp³-hybridized carbons (Fsp3) is 0.143. The molecule has 1 atom stereocenters. The Morgan fingerprint density at radius 3 is 2.47 bits per heavy atom. The molecule has 0 aliphatic rings. The number of ether oxygens (including phenoxy) is 1. The predicted molar refractivity (Wildman–Crippen MR) is 70.2 cm³/mol. The molecular weight excluding hydrogens is 272 g/mol. The summed E-state index contributed by atoms with van der Waals surface area (Å²) in [5, 5.41) is 0.591. The van der Waals surface area contributed by atoms with Crippen molar-refractivity contribution in [3.8, 4) is 5.75 Å². The number of hydrogen-bond donors (Lipinski definition) is 1. The molecule has 19 heavy (non-hydrogen) atoms. The molecule has 0 fully saturated rings. The summed E-state index contributed by atoms with van der Waals surface area (Å²) in [4.78, 5) is 0. The van der Waals surface area contributed by atoms with Crippen LogP contribution in [0, 0.1) is 11.6 Å². The first-order chi connectivity index (χ1) is 9.06. The van der Waals surface area contributed by atoms with Crippen LogP contribution in [0.25, 0.3) is 0 Å². The Labute approximate surface area is 114 Å². The number of rotatable bonds is 4. The summed E-state index contributed by atoms with van der Waals surface area (Å²) >= 11 is 5.74. The van der Waals surface area contributed by atoms with Crippen molar-refractivity contribution >= 4 is 11.6 Å². The molecule has 2 aromatic rings. The largest absolute Gasteiger partial charge is 0.492 e. The quantitative estimate of drug-likeness (QED) is 0.929. The lowest BCUT2D eigenvalue weighted by atomic mass is 10.1. The van der Waals surface area contributed by atoms with Gasteiger partial charge in [-0.1, -0.05) is 11.6 Å². The normalized spacial score (nSPS) is 12.2. The van der Waals surface area contributed by atoms with E-state index in [0.717, 1.165) is 18.2 Å². The molecule has 0 heterocycles. The van der Waals surface area contributed by atoms with Crippen molar-refractivity contribution in [2.45, 2.75) is 6.04 Å². The van der Waals surface area contributed by atoms with Crippen LogP contribution in [0.1, 0.15) is 11.6 Å². The Morgan fingerprint density at radius 1 is 1.11 bits per heavy atom. The van der Waals surface area contributed by atoms with Gasteiger partial charge in [-0.05, 0) is 42.5 Å². The van der Waals surface area contributed by atoms with Crippen LogP contribution in [0.15, 0.2) is 42.5 Å². The van der Waals surface area contributed by atoms with Gasteiger partial charge in [-0.3, -0.25) is 0 Å². The van der Waals surface area contributed by atoms with Gasteiger partial charge in [-0.25, -0.2) is 8.78 Å². The third kappa shape index (κ3) is 3.66. The summed E-state index contributed by atoms with van der Waals surface area (Å²) in [6.45, 7) is 0.0437. The fourth-order valence-corrected chi connectivity index (χ4v) is 1.73. The fourth-order valence-electron chi connectivity index (χ4n) is 1.61. The minimum absolute atomic E-state index is 0.0437. The highest BCUT2D eigenvalue weighted by molar-refractivity contribution is 6.30. The second-order valence-corrected chi connectivity index (χ2v) is 4.47. The zero-order chi connectivity index (χ0) is 13.8. The van der Waals surface area contributed by atoms with Crippen LogP contribution in [0.3, 0.4) is 0 Å². The van der Waals surface area contributed by atoms with Gasteiger partial charge in [0.25, 0.3) is 0 Å². The topological polar surface area (TPSA) is 35.2 Å². The first-order valence-corrected chi connectivity index (χ1v) is 6.03. The molecule has 0 amide bonds. The molecule has 100 valence electrons. The minimum atomic E-state index is -0.744. The van der Waals surface area contributed by atoms with Gasteiger partial charge < -0.3 is 10.5 Å². The number of nitrogens with two attached hydrogens (primary N) is 1. The average Bonchev–Trinajstić information content (AvgIpc) is 2.40. The number of halogens is 3. The maximum atomic E-state index is 13.5. The van der Waals surface area contributed by atoms with Crippen molar-refractivity contribution in [2.75, 3.05) is 6.61 Å². The maximum absolute atomic E-state index is 13.5. The maximum Gasteiger partial charge on any atom is 0.128 e. The van der Waals surface area contributed by atoms with E-state index in [1.165, 1.54) is 0 Å². The van der Waals surface area contributed by atoms with E-state index in [4.69, 9.17) is 22.1 Å². The highest BCUT2D eigenvalue weighted by Gasteiger charge is 2.13. The van der Waals surface area contributed by atoms with Gasteiger partial charge in [-0.2, -0.15) is 0 Å². The Balaban J connectivity index is 2.03. The Kier molecular flexibility index (Phi) is 4.35. The van der Waals surface area contributed by atoms with E-state index in [1.54, 1.807) is 24.3 Å². The lowest BCUT2D eigenvalue weighted by molar-refractivity contribution is 0.287. The van der Waals surface area contributed by atoms with Crippen LogP contribution in [0.5, 0.6) is 5.75 Å². The van der Waals surface area contributed by atoms with E-state index in [-0.39, 0.29) is 12.2 Å². The van der Waals surface area contributed by atoms with E-state index < -0.39 is 17.7 Å². The molecular formula is C14H12ClF2NO. The summed E-state index contributed by atoms with van der Waals surface area (Å²) in [5.41, 5.74) is 5.88. The Bertz CT molecular complexity index is 560. The van der Waals surface area contributed by atoms with Crippen molar-refractivity contribution in [3.05, 3.63) is 64.7 Å². The van der Waals surface area contributed by atoms with Gasteiger partial charge in [-0.15, -0.1) is 0 Å². The molecule has 2 N–H and O–H groups in total. The molecule has 0 saturated heterocycles. The summed E-state index contributed by atoms with van der Waals surface area (Å²) in [6.07, 6.45) is 0. The summed E-state index contributed by atoms with van der Waals surface area (Å²) in [5.74, 6) is -0.511. The smallest absolute Gasteiger partial charge is 0.128 e. The first kappa shape index (κ1) is 13.8. The molecule has 1 unspecified atom stereocenters. The van der Waals surface area contributed by atoms with E-state index >= 15 is 0 Å². The standard InChI is InChI=1S/C14H12ClF2NO/c15-9-1-4-11(5-2-9)19-8-14(18)12-7-10(16)3-6-13(12)17/h1-7,14H,8,18H2. The summed E-state index contributed by atoms with van der Waals surface area (Å²) in [6, 6.07) is 9.12. The number of hydrogen-bond acceptors (Lipinski definition) is 2. The molecule has 0 aromatic heterocycles. The lowest BCUT2D eigenvalue weighted by Gasteiger charge is -2.14. The lowest BCUT2D eigenvalue weighted by Crippen LogP contribution is -2.20. The van der Waals surface area contributed by atoms with Crippen molar-refractivity contribution in [2.24, 2.45) is 5.73 Å². The Hall–Kier alpha value is -1.65. The van der Waals surface area contributed by atoms with E-state index in [0.29, 0.717) is 10.8 Å². The second kappa shape index (κ2) is 5.99. The van der Waals surface area contributed by atoms with Gasteiger partial charge >= 0.3 is 0 Å². The molecule has 0 saturated carbocycles. The van der Waals surface area contributed by atoms with Crippen LogP contribution in [0.4, 0.5) is 8.78 Å². The van der Waals surface area contributed by atoms with Gasteiger partial charge in [0.2, 0.25) is 0 Å². The van der Waals surface area contributed by atoms with E-state index in [9.17, 15) is 8.78 Å². The van der Waals surface area contributed by atoms with Crippen molar-refractivity contribution in [1.82, 2.24) is 0 Å². The zero-order valence-corrected chi connectivity index (χ0v) is 10.7. The second-order valence-electron chi connectivity index (χ2n) is 4.04. The molecule has 2 rings (SSSR count). The van der Waals surface area contributed by atoms with Gasteiger partial charge in [0.1, 0.15) is 24.0 Å². The Morgan fingerprint density at radius 2 is 1.79 bits per heavy atom. The molecule has 0 bridgehead atoms. The summed E-state index contributed by atoms with van der Waals surface area (Å²) < 4.78 is 31.9. The van der Waals surface area contributed by atoms with Crippen LogP contribution in [0.2, 0.25) is 5.02 Å². The first-order valence-electron chi connectivity index (χ1n) is 5.65. The zero-order valence-electron chi connectivity index (χ0n) is 9.95. The molecule has 0 aliphatic carbocycles. The van der Waals surface area contributed by atoms with Gasteiger partial charge in [0.15, 0.2) is 0 Å². The van der Waals surface area contributed by atoms with Crippen LogP contribution >= 0.6 is 11.6 Å². The van der Waals surface area contributed by atoms with Crippen LogP contribution < -0.4 is 10.5 Å². The van der Waals surface area contributed by atoms with Crippen molar-refractivity contribution < 1.29 is 13.5 Å². The third-order valence-corrected chi connectivity index (χ3v) is 2.85. The van der Waals surface area contributed by atoms with E-state index in [1.807, 2.05) is 0 Å². The van der Waals surface area contributed by atoms with E-state index in [2.05, 4.69) is 0 Å². The molecule has 0 spiro atoms. The van der Waals surface area contributed by atoms with Crippen molar-refractivity contribution in [1.29, 1.82) is 0 Å². The predicted octanol–water partition coefficient (Wildman–Crippen LogP) is 3.70. The molecule has 2 aromatic carbocycles. The molecule has 5 heteroatoms. The third-order valence-electron chi connectivity index (χ3n) is 2.60. The summed E-state index contributed by atoms with van der Waals surface area (Å²) in [7, 11) is 0. The average molecular weight is 284 g/mol. The van der Waals surface area contributed by atoms with Crippen LogP contribution in [-0.2, 0) is 0 Å². The molecule has 0 radical (unpaired) electrons. The highest BCUT2D eigenvalue weighted by Crippen LogP contribution is 2.20. The van der Waals surface area contributed by atoms with Gasteiger partial charge in [0, 0.05) is 10.6 Å². The van der Waals surface area contributed by atoms with Crippen LogP contribution in [-0.4, -0.2) is 6.61 Å². The molecule has 0 aliphatic heterocycles. The molecule has 2 nitrogen and oxygen atoms in total.